The zero-order chi connectivity index (χ0) is 22.9. The summed E-state index contributed by atoms with van der Waals surface area (Å²) in [6.45, 7) is 5.20. The minimum Gasteiger partial charge on any atom is -0.354 e. The number of Topliss-reactive ketones (excluding diaryl/α,β-unsaturated/α-hetero) is 1. The van der Waals surface area contributed by atoms with Gasteiger partial charge in [-0.3, -0.25) is 9.59 Å². The van der Waals surface area contributed by atoms with E-state index in [9.17, 15) is 9.59 Å². The molecule has 1 aliphatic rings. The summed E-state index contributed by atoms with van der Waals surface area (Å²) in [6, 6.07) is 17.0. The number of carbonyl (C=O) groups is 2. The third kappa shape index (κ3) is 3.84. The number of anilines is 2. The third-order valence-electron chi connectivity index (χ3n) is 5.92. The number of carbonyl (C=O) groups excluding carboxylic acids is 2. The lowest BCUT2D eigenvalue weighted by atomic mass is 10.1. The maximum absolute atomic E-state index is 13.2. The van der Waals surface area contributed by atoms with E-state index in [1.807, 2.05) is 54.6 Å². The molecule has 0 saturated carbocycles. The Morgan fingerprint density at radius 3 is 2.21 bits per heavy atom. The molecule has 3 heterocycles. The van der Waals surface area contributed by atoms with Crippen LogP contribution < -0.4 is 10.2 Å². The molecule has 5 rings (SSSR count). The highest BCUT2D eigenvalue weighted by Crippen LogP contribution is 2.28. The number of para-hydroxylation sites is 3. The summed E-state index contributed by atoms with van der Waals surface area (Å²) in [5, 5.41) is 7.23. The summed E-state index contributed by atoms with van der Waals surface area (Å²) in [7, 11) is 0. The number of fused-ring (bicyclic) bond motifs is 1. The van der Waals surface area contributed by atoms with Crippen molar-refractivity contribution in [2.45, 2.75) is 26.7 Å². The Morgan fingerprint density at radius 2 is 1.52 bits per heavy atom. The molecule has 0 atom stereocenters. The summed E-state index contributed by atoms with van der Waals surface area (Å²) in [5.74, 6) is -0.492. The number of rotatable bonds is 5. The summed E-state index contributed by atoms with van der Waals surface area (Å²) in [4.78, 5) is 37.8. The molecule has 0 spiro atoms. The zero-order valence-corrected chi connectivity index (χ0v) is 18.6. The van der Waals surface area contributed by atoms with Crippen LogP contribution in [0.15, 0.2) is 54.6 Å². The lowest BCUT2D eigenvalue weighted by Gasteiger charge is -2.20. The first-order chi connectivity index (χ1) is 16.0. The van der Waals surface area contributed by atoms with Crippen LogP contribution in [0.25, 0.3) is 16.7 Å². The first-order valence-corrected chi connectivity index (χ1v) is 11.0. The van der Waals surface area contributed by atoms with E-state index >= 15 is 0 Å². The summed E-state index contributed by atoms with van der Waals surface area (Å²) in [6.07, 6.45) is 2.11. The van der Waals surface area contributed by atoms with Crippen molar-refractivity contribution >= 4 is 34.4 Å². The Hall–Kier alpha value is -4.07. The standard InChI is InChI=1S/C25H24N6O2/c1-16-21(17(2)31(29-16)18-10-4-3-5-11-18)22(32)25(33)28-23-24(30-14-8-9-15-30)27-20-13-7-6-12-19(20)26-23/h3-7,10-13H,8-9,14-15H2,1-2H3,(H,26,28,33). The van der Waals surface area contributed by atoms with Crippen molar-refractivity contribution in [2.75, 3.05) is 23.3 Å². The van der Waals surface area contributed by atoms with Crippen molar-refractivity contribution in [1.82, 2.24) is 19.7 Å². The van der Waals surface area contributed by atoms with E-state index in [1.54, 1.807) is 18.5 Å². The van der Waals surface area contributed by atoms with Gasteiger partial charge in [-0.25, -0.2) is 14.6 Å². The number of hydrogen-bond acceptors (Lipinski definition) is 6. The highest BCUT2D eigenvalue weighted by atomic mass is 16.2. The van der Waals surface area contributed by atoms with Crippen molar-refractivity contribution in [3.63, 3.8) is 0 Å². The average molecular weight is 441 g/mol. The summed E-state index contributed by atoms with van der Waals surface area (Å²) < 4.78 is 1.68. The van der Waals surface area contributed by atoms with Crippen LogP contribution in [0.4, 0.5) is 11.6 Å². The van der Waals surface area contributed by atoms with Gasteiger partial charge in [-0.05, 0) is 51.0 Å². The van der Waals surface area contributed by atoms with Gasteiger partial charge >= 0.3 is 0 Å². The lowest BCUT2D eigenvalue weighted by Crippen LogP contribution is -2.27. The molecule has 0 unspecified atom stereocenters. The molecule has 1 saturated heterocycles. The van der Waals surface area contributed by atoms with Crippen LogP contribution in [0, 0.1) is 13.8 Å². The highest BCUT2D eigenvalue weighted by molar-refractivity contribution is 6.47. The minimum atomic E-state index is -0.751. The topological polar surface area (TPSA) is 93.0 Å². The van der Waals surface area contributed by atoms with Crippen LogP contribution in [0.1, 0.15) is 34.6 Å². The van der Waals surface area contributed by atoms with E-state index in [0.29, 0.717) is 34.1 Å². The maximum atomic E-state index is 13.2. The molecule has 0 aliphatic carbocycles. The van der Waals surface area contributed by atoms with Crippen molar-refractivity contribution < 1.29 is 9.59 Å². The molecule has 2 aromatic carbocycles. The number of aryl methyl sites for hydroxylation is 1. The molecule has 4 aromatic rings. The Labute approximate surface area is 191 Å². The van der Waals surface area contributed by atoms with Crippen LogP contribution in [0.5, 0.6) is 0 Å². The fourth-order valence-electron chi connectivity index (χ4n) is 4.29. The molecule has 1 aliphatic heterocycles. The largest absolute Gasteiger partial charge is 0.354 e. The highest BCUT2D eigenvalue weighted by Gasteiger charge is 2.27. The molecule has 2 aromatic heterocycles. The predicted molar refractivity (Wildman–Crippen MR) is 127 cm³/mol. The molecule has 33 heavy (non-hydrogen) atoms. The Balaban J connectivity index is 1.48. The van der Waals surface area contributed by atoms with E-state index in [2.05, 4.69) is 20.3 Å². The first kappa shape index (κ1) is 20.8. The second kappa shape index (κ2) is 8.46. The number of benzene rings is 2. The van der Waals surface area contributed by atoms with E-state index in [0.717, 1.165) is 37.1 Å². The van der Waals surface area contributed by atoms with Crippen molar-refractivity contribution in [2.24, 2.45) is 0 Å². The normalized spacial score (nSPS) is 13.5. The van der Waals surface area contributed by atoms with Gasteiger partial charge in [0.2, 0.25) is 0 Å². The van der Waals surface area contributed by atoms with Gasteiger partial charge in [0.1, 0.15) is 0 Å². The third-order valence-corrected chi connectivity index (χ3v) is 5.92. The van der Waals surface area contributed by atoms with Gasteiger partial charge in [-0.2, -0.15) is 5.10 Å². The quantitative estimate of drug-likeness (QED) is 0.374. The van der Waals surface area contributed by atoms with Crippen molar-refractivity contribution in [3.05, 3.63) is 71.5 Å². The van der Waals surface area contributed by atoms with Crippen LogP contribution in [-0.4, -0.2) is 44.5 Å². The molecule has 166 valence electrons. The van der Waals surface area contributed by atoms with Crippen LogP contribution >= 0.6 is 0 Å². The second-order valence-corrected chi connectivity index (χ2v) is 8.16. The SMILES string of the molecule is Cc1nn(-c2ccccc2)c(C)c1C(=O)C(=O)Nc1nc2ccccc2nc1N1CCCC1. The second-order valence-electron chi connectivity index (χ2n) is 8.16. The van der Waals surface area contributed by atoms with E-state index < -0.39 is 11.7 Å². The Morgan fingerprint density at radius 1 is 0.879 bits per heavy atom. The van der Waals surface area contributed by atoms with Gasteiger partial charge in [-0.1, -0.05) is 30.3 Å². The Bertz CT molecular complexity index is 1360. The molecular formula is C25H24N6O2. The number of nitrogens with one attached hydrogen (secondary N) is 1. The molecule has 1 amide bonds. The van der Waals surface area contributed by atoms with E-state index in [4.69, 9.17) is 4.98 Å². The molecule has 0 bridgehead atoms. The van der Waals surface area contributed by atoms with Gasteiger partial charge in [0.15, 0.2) is 11.6 Å². The number of amides is 1. The molecular weight excluding hydrogens is 416 g/mol. The van der Waals surface area contributed by atoms with E-state index in [-0.39, 0.29) is 0 Å². The number of ketones is 1. The molecule has 1 fully saturated rings. The predicted octanol–water partition coefficient (Wildman–Crippen LogP) is 3.85. The van der Waals surface area contributed by atoms with Gasteiger partial charge < -0.3 is 10.2 Å². The molecule has 8 heteroatoms. The van der Waals surface area contributed by atoms with Crippen LogP contribution in [0.2, 0.25) is 0 Å². The van der Waals surface area contributed by atoms with Crippen LogP contribution in [0.3, 0.4) is 0 Å². The average Bonchev–Trinajstić information content (AvgIpc) is 3.47. The number of nitrogens with zero attached hydrogens (tertiary/aromatic N) is 5. The van der Waals surface area contributed by atoms with Gasteiger partial charge in [-0.15, -0.1) is 0 Å². The van der Waals surface area contributed by atoms with Gasteiger partial charge in [0.25, 0.3) is 11.7 Å². The summed E-state index contributed by atoms with van der Waals surface area (Å²) >= 11 is 0. The van der Waals surface area contributed by atoms with Crippen molar-refractivity contribution in [3.8, 4) is 5.69 Å². The Kier molecular flexibility index (Phi) is 5.34. The smallest absolute Gasteiger partial charge is 0.298 e. The molecule has 8 nitrogen and oxygen atoms in total. The maximum Gasteiger partial charge on any atom is 0.298 e. The number of hydrogen-bond donors (Lipinski definition) is 1. The first-order valence-electron chi connectivity index (χ1n) is 11.0. The van der Waals surface area contributed by atoms with Crippen molar-refractivity contribution in [1.29, 1.82) is 0 Å². The summed E-state index contributed by atoms with van der Waals surface area (Å²) in [5.41, 5.74) is 3.65. The van der Waals surface area contributed by atoms with Crippen LogP contribution in [-0.2, 0) is 4.79 Å². The lowest BCUT2D eigenvalue weighted by molar-refractivity contribution is -0.112. The fourth-order valence-corrected chi connectivity index (χ4v) is 4.29. The minimum absolute atomic E-state index is 0.299. The monoisotopic (exact) mass is 440 g/mol. The molecule has 1 N–H and O–H groups in total. The zero-order valence-electron chi connectivity index (χ0n) is 18.6. The van der Waals surface area contributed by atoms with E-state index in [1.165, 1.54) is 0 Å². The van der Waals surface area contributed by atoms with Gasteiger partial charge in [0.05, 0.1) is 33.7 Å². The fraction of sp³-hybridized carbons (Fsp3) is 0.240. The van der Waals surface area contributed by atoms with Gasteiger partial charge in [0, 0.05) is 13.1 Å². The number of aromatic nitrogens is 4. The molecule has 0 radical (unpaired) electrons.